The van der Waals surface area contributed by atoms with Crippen LogP contribution in [0.25, 0.3) is 0 Å². The summed E-state index contributed by atoms with van der Waals surface area (Å²) in [7, 11) is 0. The minimum Gasteiger partial charge on any atom is -0.342 e. The van der Waals surface area contributed by atoms with Crippen molar-refractivity contribution < 1.29 is 14.4 Å². The van der Waals surface area contributed by atoms with Gasteiger partial charge in [-0.25, -0.2) is 0 Å². The highest BCUT2D eigenvalue weighted by Gasteiger charge is 2.59. The molecule has 0 radical (unpaired) electrons. The summed E-state index contributed by atoms with van der Waals surface area (Å²) in [6.45, 7) is 2.92. The molecule has 2 fully saturated rings. The lowest BCUT2D eigenvalue weighted by Gasteiger charge is -2.35. The van der Waals surface area contributed by atoms with Gasteiger partial charge in [0, 0.05) is 44.1 Å². The summed E-state index contributed by atoms with van der Waals surface area (Å²) >= 11 is 0. The second kappa shape index (κ2) is 7.29. The molecule has 2 aromatic rings. The summed E-state index contributed by atoms with van der Waals surface area (Å²) in [4.78, 5) is 42.8. The molecule has 1 saturated heterocycles. The maximum atomic E-state index is 13.2. The van der Waals surface area contributed by atoms with E-state index in [4.69, 9.17) is 0 Å². The highest BCUT2D eigenvalue weighted by Crippen LogP contribution is 2.60. The molecule has 0 unspecified atom stereocenters. The van der Waals surface area contributed by atoms with E-state index < -0.39 is 0 Å². The highest BCUT2D eigenvalue weighted by molar-refractivity contribution is 6.06. The van der Waals surface area contributed by atoms with E-state index in [1.165, 1.54) is 11.1 Å². The van der Waals surface area contributed by atoms with Crippen LogP contribution in [0.15, 0.2) is 48.5 Å². The first-order chi connectivity index (χ1) is 15.6. The number of fused-ring (bicyclic) bond motifs is 2. The Kier molecular flexibility index (Phi) is 4.49. The molecule has 0 aromatic heterocycles. The third kappa shape index (κ3) is 3.09. The van der Waals surface area contributed by atoms with Gasteiger partial charge in [-0.05, 0) is 47.8 Å². The van der Waals surface area contributed by atoms with Crippen molar-refractivity contribution in [1.29, 1.82) is 0 Å². The van der Waals surface area contributed by atoms with Crippen LogP contribution in [0.5, 0.6) is 0 Å². The van der Waals surface area contributed by atoms with Gasteiger partial charge in [-0.15, -0.1) is 0 Å². The Morgan fingerprint density at radius 3 is 2.38 bits per heavy atom. The van der Waals surface area contributed by atoms with Crippen molar-refractivity contribution in [1.82, 2.24) is 9.80 Å². The predicted molar refractivity (Wildman–Crippen MR) is 120 cm³/mol. The topological polar surface area (TPSA) is 57.7 Å². The van der Waals surface area contributed by atoms with Crippen LogP contribution >= 0.6 is 0 Å². The van der Waals surface area contributed by atoms with Gasteiger partial charge in [0.05, 0.1) is 5.92 Å². The molecule has 0 N–H and O–H groups in total. The number of ketones is 1. The Bertz CT molecular complexity index is 1120. The van der Waals surface area contributed by atoms with Gasteiger partial charge < -0.3 is 9.80 Å². The second-order valence-corrected chi connectivity index (χ2v) is 9.99. The summed E-state index contributed by atoms with van der Waals surface area (Å²) < 4.78 is 0. The highest BCUT2D eigenvalue weighted by atomic mass is 16.2. The number of Topliss-reactive ketones (excluding diaryl/α,β-unsaturated/α-hetero) is 1. The number of nitrogens with zero attached hydrogens (tertiary/aromatic N) is 2. The molecule has 32 heavy (non-hydrogen) atoms. The first kappa shape index (κ1) is 19.7. The van der Waals surface area contributed by atoms with Crippen molar-refractivity contribution in [2.45, 2.75) is 44.6 Å². The molecule has 1 saturated carbocycles. The van der Waals surface area contributed by atoms with Gasteiger partial charge in [0.25, 0.3) is 0 Å². The first-order valence-electron chi connectivity index (χ1n) is 11.8. The van der Waals surface area contributed by atoms with Gasteiger partial charge in [0.2, 0.25) is 11.8 Å². The van der Waals surface area contributed by atoms with Gasteiger partial charge in [-0.2, -0.15) is 0 Å². The van der Waals surface area contributed by atoms with E-state index in [-0.39, 0.29) is 35.4 Å². The molecule has 2 aliphatic carbocycles. The van der Waals surface area contributed by atoms with Crippen LogP contribution in [-0.2, 0) is 22.6 Å². The van der Waals surface area contributed by atoms with E-state index >= 15 is 0 Å². The molecular weight excluding hydrogens is 400 g/mol. The number of carbonyl (C=O) groups is 3. The molecular formula is C27H28N2O3. The van der Waals surface area contributed by atoms with Crippen molar-refractivity contribution in [3.05, 3.63) is 70.8 Å². The fourth-order valence-electron chi connectivity index (χ4n) is 6.23. The van der Waals surface area contributed by atoms with Crippen molar-refractivity contribution in [3.8, 4) is 0 Å². The lowest BCUT2D eigenvalue weighted by atomic mass is 9.89. The number of hydrogen-bond donors (Lipinski definition) is 0. The minimum absolute atomic E-state index is 0.0726. The zero-order valence-electron chi connectivity index (χ0n) is 18.3. The fourth-order valence-corrected chi connectivity index (χ4v) is 6.23. The average molecular weight is 429 g/mol. The number of amides is 2. The molecule has 2 atom stereocenters. The molecule has 1 spiro atoms. The predicted octanol–water partition coefficient (Wildman–Crippen LogP) is 3.57. The van der Waals surface area contributed by atoms with E-state index in [2.05, 4.69) is 24.3 Å². The maximum absolute atomic E-state index is 13.2. The Hall–Kier alpha value is -2.95. The summed E-state index contributed by atoms with van der Waals surface area (Å²) in [5.41, 5.74) is 4.30. The monoisotopic (exact) mass is 428 g/mol. The van der Waals surface area contributed by atoms with Crippen LogP contribution in [0.3, 0.4) is 0 Å². The quantitative estimate of drug-likeness (QED) is 0.735. The number of likely N-dealkylation sites (tertiary alicyclic amines) is 1. The average Bonchev–Trinajstić information content (AvgIpc) is 3.43. The molecule has 5 nitrogen and oxygen atoms in total. The van der Waals surface area contributed by atoms with E-state index in [1.807, 2.05) is 34.1 Å². The smallest absolute Gasteiger partial charge is 0.230 e. The largest absolute Gasteiger partial charge is 0.342 e. The first-order valence-corrected chi connectivity index (χ1v) is 11.8. The van der Waals surface area contributed by atoms with E-state index in [0.717, 1.165) is 44.3 Å². The SMILES string of the molecule is O=C1C[C@H](C(=O)N2CCC3(CC2)C[C@H]3C(=O)N2CCc3ccccc3C2)c2ccccc21. The van der Waals surface area contributed by atoms with Crippen LogP contribution in [0.2, 0.25) is 0 Å². The zero-order chi connectivity index (χ0) is 21.9. The van der Waals surface area contributed by atoms with Crippen molar-refractivity contribution in [2.24, 2.45) is 11.3 Å². The molecule has 4 aliphatic rings. The van der Waals surface area contributed by atoms with Crippen LogP contribution in [-0.4, -0.2) is 47.0 Å². The lowest BCUT2D eigenvalue weighted by molar-refractivity contribution is -0.135. The number of benzene rings is 2. The number of rotatable bonds is 2. The number of piperidine rings is 1. The summed E-state index contributed by atoms with van der Waals surface area (Å²) in [6, 6.07) is 15.9. The third-order valence-electron chi connectivity index (χ3n) is 8.33. The Morgan fingerprint density at radius 1 is 0.844 bits per heavy atom. The molecule has 2 aromatic carbocycles. The Labute approximate surface area is 188 Å². The van der Waals surface area contributed by atoms with E-state index in [0.29, 0.717) is 24.6 Å². The van der Waals surface area contributed by atoms with E-state index in [1.54, 1.807) is 0 Å². The molecule has 5 heteroatoms. The molecule has 0 bridgehead atoms. The van der Waals surface area contributed by atoms with Gasteiger partial charge in [0.1, 0.15) is 0 Å². The van der Waals surface area contributed by atoms with Gasteiger partial charge in [-0.3, -0.25) is 14.4 Å². The van der Waals surface area contributed by atoms with Gasteiger partial charge in [-0.1, -0.05) is 48.5 Å². The maximum Gasteiger partial charge on any atom is 0.230 e. The molecule has 2 heterocycles. The van der Waals surface area contributed by atoms with E-state index in [9.17, 15) is 14.4 Å². The Balaban J connectivity index is 1.08. The zero-order valence-corrected chi connectivity index (χ0v) is 18.3. The second-order valence-electron chi connectivity index (χ2n) is 9.99. The normalized spacial score (nSPS) is 25.4. The third-order valence-corrected chi connectivity index (χ3v) is 8.33. The summed E-state index contributed by atoms with van der Waals surface area (Å²) in [5, 5.41) is 0. The van der Waals surface area contributed by atoms with Crippen LogP contribution in [0.4, 0.5) is 0 Å². The lowest BCUT2D eigenvalue weighted by Crippen LogP contribution is -2.43. The van der Waals surface area contributed by atoms with Gasteiger partial charge in [0.15, 0.2) is 5.78 Å². The van der Waals surface area contributed by atoms with Crippen LogP contribution in [0.1, 0.15) is 58.6 Å². The summed E-state index contributed by atoms with van der Waals surface area (Å²) in [5.74, 6) is 0.226. The van der Waals surface area contributed by atoms with Crippen LogP contribution < -0.4 is 0 Å². The number of hydrogen-bond acceptors (Lipinski definition) is 3. The Morgan fingerprint density at radius 2 is 1.56 bits per heavy atom. The molecule has 2 amide bonds. The molecule has 2 aliphatic heterocycles. The van der Waals surface area contributed by atoms with Crippen LogP contribution in [0, 0.1) is 11.3 Å². The molecule has 6 rings (SSSR count). The standard InChI is InChI=1S/C27H28N2O3/c30-24-15-22(20-7-3-4-8-21(20)24)25(31)28-13-10-27(11-14-28)16-23(27)26(32)29-12-9-18-5-1-2-6-19(18)17-29/h1-8,22-23H,9-17H2/t22-,23-/m0/s1. The fraction of sp³-hybridized carbons (Fsp3) is 0.444. The van der Waals surface area contributed by atoms with Crippen molar-refractivity contribution in [2.75, 3.05) is 19.6 Å². The van der Waals surface area contributed by atoms with Crippen molar-refractivity contribution >= 4 is 17.6 Å². The summed E-state index contributed by atoms with van der Waals surface area (Å²) in [6.07, 6.45) is 3.96. The van der Waals surface area contributed by atoms with Crippen molar-refractivity contribution in [3.63, 3.8) is 0 Å². The number of carbonyl (C=O) groups excluding carboxylic acids is 3. The minimum atomic E-state index is -0.335. The van der Waals surface area contributed by atoms with Gasteiger partial charge >= 0.3 is 0 Å². The molecule has 164 valence electrons.